The molecule has 0 fully saturated rings. The van der Waals surface area contributed by atoms with Gasteiger partial charge in [-0.3, -0.25) is 0 Å². The normalized spacial score (nSPS) is 10.4. The highest BCUT2D eigenvalue weighted by Gasteiger charge is 2.15. The van der Waals surface area contributed by atoms with Crippen molar-refractivity contribution in [2.45, 2.75) is 20.0 Å². The van der Waals surface area contributed by atoms with Crippen LogP contribution >= 0.6 is 0 Å². The van der Waals surface area contributed by atoms with Crippen LogP contribution in [0.3, 0.4) is 0 Å². The van der Waals surface area contributed by atoms with Gasteiger partial charge >= 0.3 is 12.2 Å². The highest BCUT2D eigenvalue weighted by atomic mass is 16.6. The summed E-state index contributed by atoms with van der Waals surface area (Å²) in [6, 6.07) is 7.84. The molecule has 146 valence electrons. The van der Waals surface area contributed by atoms with E-state index in [1.54, 1.807) is 7.05 Å². The number of nitrogens with zero attached hydrogens (tertiary/aromatic N) is 2. The Balaban J connectivity index is 2.35. The first-order chi connectivity index (χ1) is 12.5. The van der Waals surface area contributed by atoms with Crippen LogP contribution in [0.1, 0.15) is 18.1 Å². The van der Waals surface area contributed by atoms with Crippen LogP contribution in [0.2, 0.25) is 0 Å². The molecule has 2 amide bonds. The predicted molar refractivity (Wildman–Crippen MR) is 96.1 cm³/mol. The first kappa shape index (κ1) is 21.7. The number of ether oxygens (including phenoxy) is 2. The summed E-state index contributed by atoms with van der Waals surface area (Å²) in [5.41, 5.74) is 2.12. The molecular formula is C18H28N2O6. The third-order valence-electron chi connectivity index (χ3n) is 3.82. The van der Waals surface area contributed by atoms with Crippen molar-refractivity contribution in [3.05, 3.63) is 35.4 Å². The van der Waals surface area contributed by atoms with E-state index < -0.39 is 12.2 Å². The van der Waals surface area contributed by atoms with Crippen molar-refractivity contribution in [1.29, 1.82) is 0 Å². The van der Waals surface area contributed by atoms with Gasteiger partial charge in [-0.05, 0) is 17.5 Å². The lowest BCUT2D eigenvalue weighted by Gasteiger charge is -2.23. The van der Waals surface area contributed by atoms with Crippen LogP contribution < -0.4 is 0 Å². The fourth-order valence-electron chi connectivity index (χ4n) is 2.13. The Morgan fingerprint density at radius 2 is 1.69 bits per heavy atom. The van der Waals surface area contributed by atoms with E-state index in [0.29, 0.717) is 0 Å². The topological polar surface area (TPSA) is 99.5 Å². The van der Waals surface area contributed by atoms with Crippen LogP contribution in [-0.4, -0.2) is 78.7 Å². The molecule has 26 heavy (non-hydrogen) atoms. The smallest absolute Gasteiger partial charge is 0.409 e. The van der Waals surface area contributed by atoms with E-state index in [-0.39, 0.29) is 46.1 Å². The lowest BCUT2D eigenvalue weighted by Crippen LogP contribution is -2.40. The Labute approximate surface area is 153 Å². The van der Waals surface area contributed by atoms with E-state index in [9.17, 15) is 9.59 Å². The maximum absolute atomic E-state index is 12.0. The Bertz CT molecular complexity index is 549. The van der Waals surface area contributed by atoms with Gasteiger partial charge in [0, 0.05) is 26.7 Å². The molecule has 1 rings (SSSR count). The number of benzene rings is 1. The molecular weight excluding hydrogens is 340 g/mol. The van der Waals surface area contributed by atoms with Gasteiger partial charge in [-0.1, -0.05) is 31.2 Å². The number of aliphatic hydroxyl groups is 1. The zero-order chi connectivity index (χ0) is 19.4. The van der Waals surface area contributed by atoms with Gasteiger partial charge in [0.25, 0.3) is 0 Å². The number of amides is 2. The Morgan fingerprint density at radius 1 is 1.04 bits per heavy atom. The summed E-state index contributed by atoms with van der Waals surface area (Å²) in [5, 5.41) is 17.8. The standard InChI is InChI=1S/C18H28N2O6/c1-3-15-4-6-16(7-5-15)14-26-18(24)19(2)8-9-20(17(22)23)10-12-25-13-11-21/h4-7,21H,3,8-14H2,1-2H3,(H,22,23). The molecule has 0 aliphatic rings. The third kappa shape index (κ3) is 8.17. The second kappa shape index (κ2) is 12.1. The van der Waals surface area contributed by atoms with Crippen LogP contribution in [0, 0.1) is 0 Å². The lowest BCUT2D eigenvalue weighted by molar-refractivity contribution is 0.0669. The zero-order valence-corrected chi connectivity index (χ0v) is 15.4. The number of hydrogen-bond donors (Lipinski definition) is 2. The van der Waals surface area contributed by atoms with Gasteiger partial charge in [-0.15, -0.1) is 0 Å². The van der Waals surface area contributed by atoms with Crippen LogP contribution in [-0.2, 0) is 22.5 Å². The Hall–Kier alpha value is -2.32. The summed E-state index contributed by atoms with van der Waals surface area (Å²) in [5.74, 6) is 0. The molecule has 0 saturated carbocycles. The molecule has 0 atom stereocenters. The van der Waals surface area contributed by atoms with E-state index in [0.717, 1.165) is 16.9 Å². The molecule has 0 unspecified atom stereocenters. The SMILES string of the molecule is CCc1ccc(COC(=O)N(C)CCN(CCOCCO)C(=O)O)cc1. The van der Waals surface area contributed by atoms with Crippen molar-refractivity contribution in [3.8, 4) is 0 Å². The number of aliphatic hydroxyl groups excluding tert-OH is 1. The molecule has 0 spiro atoms. The van der Waals surface area contributed by atoms with E-state index >= 15 is 0 Å². The van der Waals surface area contributed by atoms with E-state index in [1.165, 1.54) is 10.5 Å². The first-order valence-corrected chi connectivity index (χ1v) is 8.60. The molecule has 8 nitrogen and oxygen atoms in total. The minimum absolute atomic E-state index is 0.108. The average molecular weight is 368 g/mol. The van der Waals surface area contributed by atoms with Crippen molar-refractivity contribution < 1.29 is 29.3 Å². The fourth-order valence-corrected chi connectivity index (χ4v) is 2.13. The Kier molecular flexibility index (Phi) is 10.1. The van der Waals surface area contributed by atoms with Crippen molar-refractivity contribution >= 4 is 12.2 Å². The lowest BCUT2D eigenvalue weighted by atomic mass is 10.1. The van der Waals surface area contributed by atoms with Gasteiger partial charge in [0.1, 0.15) is 6.61 Å². The quantitative estimate of drug-likeness (QED) is 0.578. The fraction of sp³-hybridized carbons (Fsp3) is 0.556. The summed E-state index contributed by atoms with van der Waals surface area (Å²) in [4.78, 5) is 25.7. The number of carbonyl (C=O) groups excluding carboxylic acids is 1. The van der Waals surface area contributed by atoms with E-state index in [2.05, 4.69) is 6.92 Å². The number of carboxylic acid groups (broad SMARTS) is 1. The van der Waals surface area contributed by atoms with Crippen LogP contribution in [0.5, 0.6) is 0 Å². The molecule has 0 aliphatic carbocycles. The maximum atomic E-state index is 12.0. The first-order valence-electron chi connectivity index (χ1n) is 8.60. The molecule has 0 aromatic heterocycles. The zero-order valence-electron chi connectivity index (χ0n) is 15.4. The third-order valence-corrected chi connectivity index (χ3v) is 3.82. The summed E-state index contributed by atoms with van der Waals surface area (Å²) in [7, 11) is 1.56. The average Bonchev–Trinajstić information content (AvgIpc) is 2.65. The van der Waals surface area contributed by atoms with Crippen LogP contribution in [0.25, 0.3) is 0 Å². The van der Waals surface area contributed by atoms with Crippen molar-refractivity contribution in [2.24, 2.45) is 0 Å². The van der Waals surface area contributed by atoms with Crippen molar-refractivity contribution in [3.63, 3.8) is 0 Å². The van der Waals surface area contributed by atoms with Crippen LogP contribution in [0.15, 0.2) is 24.3 Å². The van der Waals surface area contributed by atoms with Crippen molar-refractivity contribution in [1.82, 2.24) is 9.80 Å². The number of hydrogen-bond acceptors (Lipinski definition) is 5. The number of aryl methyl sites for hydroxylation is 1. The molecule has 0 aliphatic heterocycles. The van der Waals surface area contributed by atoms with Crippen LogP contribution in [0.4, 0.5) is 9.59 Å². The summed E-state index contributed by atoms with van der Waals surface area (Å²) in [6.07, 6.45) is -0.643. The van der Waals surface area contributed by atoms with Gasteiger partial charge in [-0.2, -0.15) is 0 Å². The largest absolute Gasteiger partial charge is 0.465 e. The monoisotopic (exact) mass is 368 g/mol. The van der Waals surface area contributed by atoms with Gasteiger partial charge in [0.15, 0.2) is 0 Å². The summed E-state index contributed by atoms with van der Waals surface area (Å²) < 4.78 is 10.3. The van der Waals surface area contributed by atoms with Gasteiger partial charge in [-0.25, -0.2) is 9.59 Å². The highest BCUT2D eigenvalue weighted by molar-refractivity contribution is 5.67. The van der Waals surface area contributed by atoms with E-state index in [1.807, 2.05) is 24.3 Å². The summed E-state index contributed by atoms with van der Waals surface area (Å²) >= 11 is 0. The highest BCUT2D eigenvalue weighted by Crippen LogP contribution is 2.07. The van der Waals surface area contributed by atoms with Crippen molar-refractivity contribution in [2.75, 3.05) is 46.5 Å². The second-order valence-electron chi connectivity index (χ2n) is 5.75. The molecule has 0 saturated heterocycles. The number of likely N-dealkylation sites (N-methyl/N-ethyl adjacent to an activating group) is 1. The molecule has 8 heteroatoms. The van der Waals surface area contributed by atoms with Gasteiger partial charge in [0.2, 0.25) is 0 Å². The minimum atomic E-state index is -1.09. The van der Waals surface area contributed by atoms with Gasteiger partial charge < -0.3 is 29.5 Å². The predicted octanol–water partition coefficient (Wildman–Crippen LogP) is 1.81. The molecule has 1 aromatic carbocycles. The maximum Gasteiger partial charge on any atom is 0.409 e. The minimum Gasteiger partial charge on any atom is -0.465 e. The molecule has 2 N–H and O–H groups in total. The number of rotatable bonds is 11. The second-order valence-corrected chi connectivity index (χ2v) is 5.75. The summed E-state index contributed by atoms with van der Waals surface area (Å²) in [6.45, 7) is 3.01. The van der Waals surface area contributed by atoms with E-state index in [4.69, 9.17) is 19.7 Å². The van der Waals surface area contributed by atoms with Gasteiger partial charge in [0.05, 0.1) is 19.8 Å². The molecule has 1 aromatic rings. The Morgan fingerprint density at radius 3 is 2.27 bits per heavy atom. The molecule has 0 bridgehead atoms. The number of carbonyl (C=O) groups is 2. The molecule has 0 heterocycles. The molecule has 0 radical (unpaired) electrons.